The summed E-state index contributed by atoms with van der Waals surface area (Å²) in [6, 6.07) is 20.3. The number of carboxylic acids is 1. The maximum Gasteiger partial charge on any atom is 0.303 e. The van der Waals surface area contributed by atoms with Crippen LogP contribution in [0.5, 0.6) is 0 Å². The van der Waals surface area contributed by atoms with Crippen LogP contribution < -0.4 is 5.32 Å². The van der Waals surface area contributed by atoms with Crippen LogP contribution in [-0.2, 0) is 22.4 Å². The van der Waals surface area contributed by atoms with Crippen LogP contribution in [0.4, 0.5) is 5.69 Å². The van der Waals surface area contributed by atoms with E-state index in [0.717, 1.165) is 22.5 Å². The highest BCUT2D eigenvalue weighted by Crippen LogP contribution is 2.27. The van der Waals surface area contributed by atoms with Crippen LogP contribution in [0, 0.1) is 0 Å². The Hall–Kier alpha value is -3.48. The van der Waals surface area contributed by atoms with Gasteiger partial charge in [-0.05, 0) is 55.2 Å². The fraction of sp³-hybridized carbons (Fsp3) is 0.185. The first-order chi connectivity index (χ1) is 16.9. The number of unbranched alkanes of at least 4 members (excludes halogenated alkanes) is 1. The average molecular weight is 508 g/mol. The number of nitrogens with one attached hydrogen (secondary N) is 1. The molecule has 4 aromatic rings. The number of benzene rings is 3. The summed E-state index contributed by atoms with van der Waals surface area (Å²) >= 11 is 12.0. The van der Waals surface area contributed by atoms with Gasteiger partial charge in [0, 0.05) is 17.7 Å². The van der Waals surface area contributed by atoms with Gasteiger partial charge in [-0.2, -0.15) is 0 Å². The molecule has 6 nitrogen and oxygen atoms in total. The van der Waals surface area contributed by atoms with Crippen molar-refractivity contribution in [3.63, 3.8) is 0 Å². The van der Waals surface area contributed by atoms with Gasteiger partial charge in [0.2, 0.25) is 5.91 Å². The first kappa shape index (κ1) is 24.6. The molecule has 3 aromatic carbocycles. The molecule has 0 fully saturated rings. The van der Waals surface area contributed by atoms with Crippen molar-refractivity contribution in [1.82, 2.24) is 9.97 Å². The lowest BCUT2D eigenvalue weighted by Gasteiger charge is -2.12. The van der Waals surface area contributed by atoms with E-state index >= 15 is 0 Å². The number of halogens is 2. The summed E-state index contributed by atoms with van der Waals surface area (Å²) in [5.74, 6) is -0.996. The number of carbonyl (C=O) groups excluding carboxylic acids is 1. The summed E-state index contributed by atoms with van der Waals surface area (Å²) in [5, 5.41) is 12.7. The molecule has 4 rings (SSSR count). The van der Waals surface area contributed by atoms with Crippen molar-refractivity contribution in [3.8, 4) is 11.3 Å². The van der Waals surface area contributed by atoms with E-state index in [1.807, 2.05) is 36.4 Å². The molecule has 0 spiro atoms. The summed E-state index contributed by atoms with van der Waals surface area (Å²) < 4.78 is 0. The number of hydrogen-bond acceptors (Lipinski definition) is 4. The number of aromatic nitrogens is 2. The molecule has 0 bridgehead atoms. The zero-order valence-corrected chi connectivity index (χ0v) is 20.3. The Morgan fingerprint density at radius 1 is 0.857 bits per heavy atom. The van der Waals surface area contributed by atoms with Crippen LogP contribution in [0.2, 0.25) is 10.0 Å². The summed E-state index contributed by atoms with van der Waals surface area (Å²) in [4.78, 5) is 33.1. The van der Waals surface area contributed by atoms with E-state index < -0.39 is 5.97 Å². The minimum absolute atomic E-state index is 0.122. The zero-order chi connectivity index (χ0) is 24.8. The number of nitrogens with zero attached hydrogens (tertiary/aromatic N) is 2. The van der Waals surface area contributed by atoms with Gasteiger partial charge in [-0.1, -0.05) is 59.6 Å². The number of carbonyl (C=O) groups is 2. The van der Waals surface area contributed by atoms with E-state index in [4.69, 9.17) is 38.3 Å². The second-order valence-corrected chi connectivity index (χ2v) is 8.98. The Morgan fingerprint density at radius 3 is 2.40 bits per heavy atom. The van der Waals surface area contributed by atoms with E-state index in [-0.39, 0.29) is 18.7 Å². The van der Waals surface area contributed by atoms with Crippen molar-refractivity contribution in [2.45, 2.75) is 32.1 Å². The monoisotopic (exact) mass is 507 g/mol. The normalized spacial score (nSPS) is 10.9. The van der Waals surface area contributed by atoms with Crippen molar-refractivity contribution < 1.29 is 14.7 Å². The second kappa shape index (κ2) is 11.3. The Morgan fingerprint density at radius 2 is 1.66 bits per heavy atom. The van der Waals surface area contributed by atoms with Gasteiger partial charge < -0.3 is 10.4 Å². The largest absolute Gasteiger partial charge is 0.481 e. The molecule has 0 unspecified atom stereocenters. The number of aliphatic carboxylic acids is 1. The summed E-state index contributed by atoms with van der Waals surface area (Å²) in [7, 11) is 0. The lowest BCUT2D eigenvalue weighted by molar-refractivity contribution is -0.137. The number of carboxylic acid groups (broad SMARTS) is 1. The Balaban J connectivity index is 1.57. The summed E-state index contributed by atoms with van der Waals surface area (Å²) in [5.41, 5.74) is 5.27. The van der Waals surface area contributed by atoms with Gasteiger partial charge in [0.25, 0.3) is 0 Å². The van der Waals surface area contributed by atoms with Crippen molar-refractivity contribution in [3.05, 3.63) is 88.0 Å². The first-order valence-corrected chi connectivity index (χ1v) is 12.0. The summed E-state index contributed by atoms with van der Waals surface area (Å²) in [6.07, 6.45) is 2.13. The topological polar surface area (TPSA) is 92.2 Å². The van der Waals surface area contributed by atoms with Crippen molar-refractivity contribution in [1.29, 1.82) is 0 Å². The zero-order valence-electron chi connectivity index (χ0n) is 18.8. The highest BCUT2D eigenvalue weighted by atomic mass is 35.5. The smallest absolute Gasteiger partial charge is 0.303 e. The molecule has 2 N–H and O–H groups in total. The van der Waals surface area contributed by atoms with Gasteiger partial charge in [-0.3, -0.25) is 9.59 Å². The fourth-order valence-electron chi connectivity index (χ4n) is 3.78. The van der Waals surface area contributed by atoms with Gasteiger partial charge >= 0.3 is 5.97 Å². The molecule has 0 aliphatic heterocycles. The maximum atomic E-state index is 12.6. The minimum Gasteiger partial charge on any atom is -0.481 e. The Kier molecular flexibility index (Phi) is 7.95. The van der Waals surface area contributed by atoms with Gasteiger partial charge in [-0.15, -0.1) is 0 Å². The quantitative estimate of drug-likeness (QED) is 0.249. The van der Waals surface area contributed by atoms with Crippen molar-refractivity contribution >= 4 is 51.8 Å². The standard InChI is InChI=1S/C27H23Cl2N3O3/c28-20-12-10-17(14-21(20)29)15-25(33)30-19-11-13-22-24(16-19)31-23(8-4-5-9-26(34)35)27(32-22)18-6-2-1-3-7-18/h1-3,6-7,10-14,16H,4-5,8-9,15H2,(H,30,33)(H,34,35). The average Bonchev–Trinajstić information content (AvgIpc) is 2.84. The SMILES string of the molecule is O=C(O)CCCCc1nc2cc(NC(=O)Cc3ccc(Cl)c(Cl)c3)ccc2nc1-c1ccccc1. The third-order valence-electron chi connectivity index (χ3n) is 5.47. The number of rotatable bonds is 9. The molecule has 0 aliphatic rings. The van der Waals surface area contributed by atoms with Crippen LogP contribution in [0.25, 0.3) is 22.3 Å². The van der Waals surface area contributed by atoms with Crippen LogP contribution >= 0.6 is 23.2 Å². The molecular weight excluding hydrogens is 485 g/mol. The fourth-order valence-corrected chi connectivity index (χ4v) is 4.10. The number of aryl methyl sites for hydroxylation is 1. The minimum atomic E-state index is -0.806. The molecule has 1 amide bonds. The molecule has 0 atom stereocenters. The summed E-state index contributed by atoms with van der Waals surface area (Å²) in [6.45, 7) is 0. The maximum absolute atomic E-state index is 12.6. The third kappa shape index (κ3) is 6.56. The number of anilines is 1. The van der Waals surface area contributed by atoms with E-state index in [2.05, 4.69) is 5.32 Å². The van der Waals surface area contributed by atoms with Crippen LogP contribution in [0.1, 0.15) is 30.5 Å². The van der Waals surface area contributed by atoms with Gasteiger partial charge in [0.15, 0.2) is 0 Å². The van der Waals surface area contributed by atoms with Gasteiger partial charge in [-0.25, -0.2) is 9.97 Å². The Bertz CT molecular complexity index is 1380. The lowest BCUT2D eigenvalue weighted by atomic mass is 10.0. The van der Waals surface area contributed by atoms with E-state index in [1.54, 1.807) is 30.3 Å². The van der Waals surface area contributed by atoms with Crippen LogP contribution in [0.3, 0.4) is 0 Å². The lowest BCUT2D eigenvalue weighted by Crippen LogP contribution is -2.14. The highest BCUT2D eigenvalue weighted by Gasteiger charge is 2.13. The van der Waals surface area contributed by atoms with Crippen LogP contribution in [-0.4, -0.2) is 27.0 Å². The van der Waals surface area contributed by atoms with Gasteiger partial charge in [0.05, 0.1) is 38.9 Å². The second-order valence-electron chi connectivity index (χ2n) is 8.16. The number of hydrogen-bond donors (Lipinski definition) is 2. The molecular formula is C27H23Cl2N3O3. The first-order valence-electron chi connectivity index (χ1n) is 11.2. The predicted molar refractivity (Wildman–Crippen MR) is 139 cm³/mol. The van der Waals surface area contributed by atoms with Crippen molar-refractivity contribution in [2.75, 3.05) is 5.32 Å². The molecule has 1 heterocycles. The molecule has 0 radical (unpaired) electrons. The van der Waals surface area contributed by atoms with E-state index in [1.165, 1.54) is 0 Å². The molecule has 8 heteroatoms. The molecule has 1 aromatic heterocycles. The van der Waals surface area contributed by atoms with E-state index in [0.29, 0.717) is 46.0 Å². The molecule has 178 valence electrons. The molecule has 35 heavy (non-hydrogen) atoms. The molecule has 0 saturated heterocycles. The van der Waals surface area contributed by atoms with Gasteiger partial charge in [0.1, 0.15) is 0 Å². The number of fused-ring (bicyclic) bond motifs is 1. The van der Waals surface area contributed by atoms with Crippen molar-refractivity contribution in [2.24, 2.45) is 0 Å². The molecule has 0 aliphatic carbocycles. The predicted octanol–water partition coefficient (Wildman–Crippen LogP) is 6.58. The highest BCUT2D eigenvalue weighted by molar-refractivity contribution is 6.42. The molecule has 0 saturated carbocycles. The number of amides is 1. The third-order valence-corrected chi connectivity index (χ3v) is 6.21. The van der Waals surface area contributed by atoms with Crippen LogP contribution in [0.15, 0.2) is 66.7 Å². The van der Waals surface area contributed by atoms with E-state index in [9.17, 15) is 9.59 Å². The Labute approximate surface area is 212 Å².